The van der Waals surface area contributed by atoms with Gasteiger partial charge in [0.15, 0.2) is 0 Å². The number of nitrogens with zero attached hydrogens (tertiary/aromatic N) is 1. The molecule has 2 N–H and O–H groups in total. The molecule has 1 saturated carbocycles. The van der Waals surface area contributed by atoms with Gasteiger partial charge in [-0.1, -0.05) is 19.3 Å². The van der Waals surface area contributed by atoms with Crippen molar-refractivity contribution in [3.63, 3.8) is 0 Å². The Morgan fingerprint density at radius 1 is 1.22 bits per heavy atom. The molecule has 18 heavy (non-hydrogen) atoms. The van der Waals surface area contributed by atoms with Gasteiger partial charge in [-0.05, 0) is 37.3 Å². The number of furan rings is 1. The molecule has 1 aromatic heterocycles. The number of rotatable bonds is 3. The summed E-state index contributed by atoms with van der Waals surface area (Å²) in [6.45, 7) is 4.02. The van der Waals surface area contributed by atoms with Crippen molar-refractivity contribution in [1.29, 1.82) is 0 Å². The van der Waals surface area contributed by atoms with E-state index in [-0.39, 0.29) is 0 Å². The molecule has 1 aliphatic carbocycles. The van der Waals surface area contributed by atoms with Crippen LogP contribution in [-0.4, -0.2) is 18.0 Å². The zero-order chi connectivity index (χ0) is 12.4. The van der Waals surface area contributed by atoms with E-state index in [1.807, 2.05) is 6.07 Å². The number of fused-ring (bicyclic) bond motifs is 1. The third kappa shape index (κ3) is 2.47. The van der Waals surface area contributed by atoms with Crippen molar-refractivity contribution in [2.45, 2.75) is 45.2 Å². The molecule has 1 aliphatic heterocycles. The van der Waals surface area contributed by atoms with Gasteiger partial charge >= 0.3 is 0 Å². The highest BCUT2D eigenvalue weighted by molar-refractivity contribution is 5.16. The molecule has 3 heteroatoms. The number of nitrogens with two attached hydrogens (primary N) is 1. The maximum atomic E-state index is 5.73. The van der Waals surface area contributed by atoms with Crippen LogP contribution in [0.1, 0.15) is 43.4 Å². The average molecular weight is 248 g/mol. The van der Waals surface area contributed by atoms with Gasteiger partial charge in [-0.15, -0.1) is 0 Å². The maximum absolute atomic E-state index is 5.73. The van der Waals surface area contributed by atoms with Gasteiger partial charge in [0.05, 0.1) is 12.8 Å². The van der Waals surface area contributed by atoms with Crippen LogP contribution in [0.4, 0.5) is 0 Å². The summed E-state index contributed by atoms with van der Waals surface area (Å²) in [6, 6.07) is 2.00. The molecule has 2 aliphatic rings. The van der Waals surface area contributed by atoms with Crippen LogP contribution >= 0.6 is 0 Å². The van der Waals surface area contributed by atoms with Crippen molar-refractivity contribution >= 4 is 0 Å². The first-order valence-corrected chi connectivity index (χ1v) is 7.34. The Morgan fingerprint density at radius 2 is 2.06 bits per heavy atom. The van der Waals surface area contributed by atoms with Crippen LogP contribution in [0.5, 0.6) is 0 Å². The fourth-order valence-electron chi connectivity index (χ4n) is 3.71. The van der Waals surface area contributed by atoms with Gasteiger partial charge in [0, 0.05) is 18.7 Å². The van der Waals surface area contributed by atoms with E-state index in [9.17, 15) is 0 Å². The van der Waals surface area contributed by atoms with E-state index in [1.165, 1.54) is 50.8 Å². The van der Waals surface area contributed by atoms with E-state index in [0.29, 0.717) is 6.54 Å². The quantitative estimate of drug-likeness (QED) is 0.894. The minimum Gasteiger partial charge on any atom is -0.468 e. The van der Waals surface area contributed by atoms with E-state index in [0.717, 1.165) is 24.1 Å². The summed E-state index contributed by atoms with van der Waals surface area (Å²) in [5, 5.41) is 0. The SMILES string of the molecule is NCc1ccoc1CN1CCC2CCCCC2C1. The lowest BCUT2D eigenvalue weighted by molar-refractivity contribution is 0.0772. The number of hydrogen-bond donors (Lipinski definition) is 1. The summed E-state index contributed by atoms with van der Waals surface area (Å²) in [7, 11) is 0. The lowest BCUT2D eigenvalue weighted by Crippen LogP contribution is -2.41. The van der Waals surface area contributed by atoms with Crippen LogP contribution in [0.3, 0.4) is 0 Å². The van der Waals surface area contributed by atoms with Gasteiger partial charge in [0.1, 0.15) is 5.76 Å². The minimum atomic E-state index is 0.589. The largest absolute Gasteiger partial charge is 0.468 e. The zero-order valence-electron chi connectivity index (χ0n) is 11.1. The molecule has 2 heterocycles. The van der Waals surface area contributed by atoms with Crippen LogP contribution < -0.4 is 5.73 Å². The van der Waals surface area contributed by atoms with Gasteiger partial charge in [-0.3, -0.25) is 4.90 Å². The van der Waals surface area contributed by atoms with E-state index in [2.05, 4.69) is 4.90 Å². The van der Waals surface area contributed by atoms with E-state index in [1.54, 1.807) is 6.26 Å². The van der Waals surface area contributed by atoms with Gasteiger partial charge in [0.2, 0.25) is 0 Å². The number of hydrogen-bond acceptors (Lipinski definition) is 3. The van der Waals surface area contributed by atoms with Crippen molar-refractivity contribution in [2.75, 3.05) is 13.1 Å². The summed E-state index contributed by atoms with van der Waals surface area (Å²) < 4.78 is 5.57. The Morgan fingerprint density at radius 3 is 2.89 bits per heavy atom. The highest BCUT2D eigenvalue weighted by Crippen LogP contribution is 2.36. The normalized spacial score (nSPS) is 29.2. The molecule has 3 nitrogen and oxygen atoms in total. The molecule has 2 fully saturated rings. The van der Waals surface area contributed by atoms with Gasteiger partial charge in [-0.2, -0.15) is 0 Å². The van der Waals surface area contributed by atoms with Crippen LogP contribution in [0, 0.1) is 11.8 Å². The zero-order valence-corrected chi connectivity index (χ0v) is 11.1. The molecule has 0 aromatic carbocycles. The van der Waals surface area contributed by atoms with E-state index in [4.69, 9.17) is 10.2 Å². The second kappa shape index (κ2) is 5.45. The monoisotopic (exact) mass is 248 g/mol. The van der Waals surface area contributed by atoms with Crippen LogP contribution in [0.25, 0.3) is 0 Å². The molecule has 0 bridgehead atoms. The molecule has 100 valence electrons. The van der Waals surface area contributed by atoms with Crippen molar-refractivity contribution in [1.82, 2.24) is 4.90 Å². The first kappa shape index (κ1) is 12.2. The lowest BCUT2D eigenvalue weighted by Gasteiger charge is -2.41. The topological polar surface area (TPSA) is 42.4 Å². The fraction of sp³-hybridized carbons (Fsp3) is 0.733. The van der Waals surface area contributed by atoms with Gasteiger partial charge < -0.3 is 10.2 Å². The first-order valence-electron chi connectivity index (χ1n) is 7.34. The predicted octanol–water partition coefficient (Wildman–Crippen LogP) is 2.75. The first-order chi connectivity index (χ1) is 8.86. The summed E-state index contributed by atoms with van der Waals surface area (Å²) >= 11 is 0. The van der Waals surface area contributed by atoms with Crippen LogP contribution in [0.15, 0.2) is 16.7 Å². The Labute approximate surface area is 109 Å². The molecule has 2 unspecified atom stereocenters. The molecule has 2 atom stereocenters. The summed E-state index contributed by atoms with van der Waals surface area (Å²) in [5.41, 5.74) is 6.90. The van der Waals surface area contributed by atoms with Crippen molar-refractivity contribution in [3.05, 3.63) is 23.7 Å². The summed E-state index contributed by atoms with van der Waals surface area (Å²) in [5.74, 6) is 3.01. The van der Waals surface area contributed by atoms with Gasteiger partial charge in [-0.25, -0.2) is 0 Å². The van der Waals surface area contributed by atoms with E-state index >= 15 is 0 Å². The Bertz CT molecular complexity index is 388. The van der Waals surface area contributed by atoms with Crippen molar-refractivity contribution in [3.8, 4) is 0 Å². The maximum Gasteiger partial charge on any atom is 0.122 e. The Balaban J connectivity index is 1.61. The third-order valence-corrected chi connectivity index (χ3v) is 4.80. The predicted molar refractivity (Wildman–Crippen MR) is 71.9 cm³/mol. The molecular formula is C15H24N2O. The molecule has 1 saturated heterocycles. The molecule has 0 radical (unpaired) electrons. The molecule has 3 rings (SSSR count). The van der Waals surface area contributed by atoms with E-state index < -0.39 is 0 Å². The highest BCUT2D eigenvalue weighted by atomic mass is 16.3. The minimum absolute atomic E-state index is 0.589. The summed E-state index contributed by atoms with van der Waals surface area (Å²) in [6.07, 6.45) is 8.94. The highest BCUT2D eigenvalue weighted by Gasteiger charge is 2.31. The third-order valence-electron chi connectivity index (χ3n) is 4.80. The molecule has 0 spiro atoms. The van der Waals surface area contributed by atoms with Crippen LogP contribution in [-0.2, 0) is 13.1 Å². The Hall–Kier alpha value is -0.800. The lowest BCUT2D eigenvalue weighted by atomic mass is 9.75. The molecule has 1 aromatic rings. The summed E-state index contributed by atoms with van der Waals surface area (Å²) in [4.78, 5) is 2.56. The van der Waals surface area contributed by atoms with Crippen molar-refractivity contribution < 1.29 is 4.42 Å². The van der Waals surface area contributed by atoms with Crippen molar-refractivity contribution in [2.24, 2.45) is 17.6 Å². The number of piperidine rings is 1. The fourth-order valence-corrected chi connectivity index (χ4v) is 3.71. The average Bonchev–Trinajstić information content (AvgIpc) is 2.86. The standard InChI is InChI=1S/C15H24N2O/c16-9-13-6-8-18-15(13)11-17-7-5-12-3-1-2-4-14(12)10-17/h6,8,12,14H,1-5,7,9-11,16H2. The smallest absolute Gasteiger partial charge is 0.122 e. The Kier molecular flexibility index (Phi) is 3.71. The van der Waals surface area contributed by atoms with Crippen LogP contribution in [0.2, 0.25) is 0 Å². The van der Waals surface area contributed by atoms with Gasteiger partial charge in [0.25, 0.3) is 0 Å². The second-order valence-corrected chi connectivity index (χ2v) is 5.90. The number of likely N-dealkylation sites (tertiary alicyclic amines) is 1. The molecule has 0 amide bonds. The second-order valence-electron chi connectivity index (χ2n) is 5.90. The molecular weight excluding hydrogens is 224 g/mol.